The van der Waals surface area contributed by atoms with Gasteiger partial charge >= 0.3 is 6.18 Å². The Balaban J connectivity index is 1.56. The van der Waals surface area contributed by atoms with Crippen molar-refractivity contribution in [3.8, 4) is 6.07 Å². The van der Waals surface area contributed by atoms with Crippen molar-refractivity contribution in [2.75, 3.05) is 13.1 Å². The minimum absolute atomic E-state index is 0.121. The van der Waals surface area contributed by atoms with Crippen LogP contribution in [0.5, 0.6) is 0 Å². The molecule has 0 bridgehead atoms. The first-order valence-corrected chi connectivity index (χ1v) is 8.72. The summed E-state index contributed by atoms with van der Waals surface area (Å²) in [4.78, 5) is 14.1. The summed E-state index contributed by atoms with van der Waals surface area (Å²) in [7, 11) is 0. The Kier molecular flexibility index (Phi) is 5.61. The number of halogens is 3. The van der Waals surface area contributed by atoms with Crippen LogP contribution < -0.4 is 5.56 Å². The summed E-state index contributed by atoms with van der Waals surface area (Å²) in [6.07, 6.45) is -2.97. The van der Waals surface area contributed by atoms with Gasteiger partial charge in [0.1, 0.15) is 0 Å². The minimum Gasteiger partial charge on any atom is -0.299 e. The van der Waals surface area contributed by atoms with E-state index >= 15 is 0 Å². The number of rotatable bonds is 4. The summed E-state index contributed by atoms with van der Waals surface area (Å²) in [6, 6.07) is 11.2. The fourth-order valence-corrected chi connectivity index (χ4v) is 3.25. The second-order valence-electron chi connectivity index (χ2n) is 6.76. The molecular formula is C19H19F3N4O. The maximum atomic E-state index is 12.8. The Hall–Kier alpha value is -2.66. The third kappa shape index (κ3) is 4.95. The van der Waals surface area contributed by atoms with Crippen LogP contribution in [0.2, 0.25) is 0 Å². The largest absolute Gasteiger partial charge is 0.435 e. The Morgan fingerprint density at radius 1 is 1.11 bits per heavy atom. The number of nitriles is 1. The topological polar surface area (TPSA) is 61.9 Å². The third-order valence-corrected chi connectivity index (χ3v) is 4.78. The normalized spacial score (nSPS) is 16.2. The van der Waals surface area contributed by atoms with Gasteiger partial charge in [0, 0.05) is 19.2 Å². The average molecular weight is 376 g/mol. The number of benzene rings is 1. The smallest absolute Gasteiger partial charge is 0.299 e. The quantitative estimate of drug-likeness (QED) is 0.823. The average Bonchev–Trinajstić information content (AvgIpc) is 2.65. The molecule has 5 nitrogen and oxygen atoms in total. The molecule has 2 aromatic rings. The molecule has 0 amide bonds. The van der Waals surface area contributed by atoms with Gasteiger partial charge in [0.2, 0.25) is 0 Å². The lowest BCUT2D eigenvalue weighted by Crippen LogP contribution is -2.36. The van der Waals surface area contributed by atoms with Crippen molar-refractivity contribution in [2.45, 2.75) is 32.1 Å². The first-order chi connectivity index (χ1) is 12.8. The fraction of sp³-hybridized carbons (Fsp3) is 0.421. The summed E-state index contributed by atoms with van der Waals surface area (Å²) in [5, 5.41) is 12.3. The van der Waals surface area contributed by atoms with Crippen LogP contribution in [0, 0.1) is 17.2 Å². The predicted molar refractivity (Wildman–Crippen MR) is 92.7 cm³/mol. The lowest BCUT2D eigenvalue weighted by Gasteiger charge is -2.32. The molecule has 1 aromatic carbocycles. The fourth-order valence-electron chi connectivity index (χ4n) is 3.25. The van der Waals surface area contributed by atoms with Gasteiger partial charge in [0.25, 0.3) is 5.56 Å². The molecule has 1 aliphatic rings. The molecule has 1 saturated heterocycles. The molecule has 1 aromatic heterocycles. The number of nitrogens with zero attached hydrogens (tertiary/aromatic N) is 4. The van der Waals surface area contributed by atoms with Crippen LogP contribution >= 0.6 is 0 Å². The first kappa shape index (κ1) is 19.1. The van der Waals surface area contributed by atoms with Gasteiger partial charge in [0.15, 0.2) is 5.69 Å². The van der Waals surface area contributed by atoms with Crippen LogP contribution in [-0.4, -0.2) is 27.8 Å². The molecule has 0 radical (unpaired) electrons. The summed E-state index contributed by atoms with van der Waals surface area (Å²) in [5.41, 5.74) is 0.183. The second kappa shape index (κ2) is 7.92. The van der Waals surface area contributed by atoms with Crippen LogP contribution in [0.1, 0.15) is 29.7 Å². The molecule has 3 rings (SSSR count). The van der Waals surface area contributed by atoms with E-state index in [1.807, 2.05) is 12.1 Å². The lowest BCUT2D eigenvalue weighted by atomic mass is 9.96. The highest BCUT2D eigenvalue weighted by Crippen LogP contribution is 2.26. The number of aromatic nitrogens is 2. The predicted octanol–water partition coefficient (Wildman–Crippen LogP) is 3.05. The number of alkyl halides is 3. The molecule has 0 aliphatic carbocycles. The van der Waals surface area contributed by atoms with Gasteiger partial charge < -0.3 is 0 Å². The van der Waals surface area contributed by atoms with Crippen molar-refractivity contribution >= 4 is 0 Å². The maximum Gasteiger partial charge on any atom is 0.435 e. The Morgan fingerprint density at radius 2 is 1.78 bits per heavy atom. The van der Waals surface area contributed by atoms with E-state index in [4.69, 9.17) is 5.26 Å². The third-order valence-electron chi connectivity index (χ3n) is 4.78. The molecule has 0 saturated carbocycles. The Morgan fingerprint density at radius 3 is 2.37 bits per heavy atom. The molecule has 1 aliphatic heterocycles. The van der Waals surface area contributed by atoms with Crippen LogP contribution in [0.25, 0.3) is 0 Å². The molecule has 0 spiro atoms. The number of hydrogen-bond donors (Lipinski definition) is 0. The number of likely N-dealkylation sites (tertiary alicyclic amines) is 1. The highest BCUT2D eigenvalue weighted by Gasteiger charge is 2.33. The van der Waals surface area contributed by atoms with Crippen molar-refractivity contribution in [1.29, 1.82) is 5.26 Å². The molecule has 0 unspecified atom stereocenters. The van der Waals surface area contributed by atoms with Gasteiger partial charge in [-0.05, 0) is 55.6 Å². The van der Waals surface area contributed by atoms with Crippen LogP contribution in [0.4, 0.5) is 13.2 Å². The Labute approximate surface area is 154 Å². The lowest BCUT2D eigenvalue weighted by molar-refractivity contribution is -0.142. The van der Waals surface area contributed by atoms with Crippen LogP contribution in [0.3, 0.4) is 0 Å². The van der Waals surface area contributed by atoms with E-state index in [9.17, 15) is 18.0 Å². The molecule has 2 heterocycles. The molecule has 1 fully saturated rings. The summed E-state index contributed by atoms with van der Waals surface area (Å²) in [6.45, 7) is 2.57. The summed E-state index contributed by atoms with van der Waals surface area (Å²) >= 11 is 0. The van der Waals surface area contributed by atoms with Crippen molar-refractivity contribution < 1.29 is 13.2 Å². The molecular weight excluding hydrogens is 357 g/mol. The number of piperidine rings is 1. The SMILES string of the molecule is N#Cc1ccc(CN2CCC(Cn3nc(C(F)(F)F)ccc3=O)CC2)cc1. The van der Waals surface area contributed by atoms with E-state index in [-0.39, 0.29) is 12.5 Å². The van der Waals surface area contributed by atoms with Gasteiger partial charge in [-0.15, -0.1) is 0 Å². The zero-order valence-corrected chi connectivity index (χ0v) is 14.6. The molecule has 0 atom stereocenters. The van der Waals surface area contributed by atoms with Crippen molar-refractivity contribution in [1.82, 2.24) is 14.7 Å². The van der Waals surface area contributed by atoms with Crippen molar-refractivity contribution in [3.05, 3.63) is 63.6 Å². The van der Waals surface area contributed by atoms with E-state index in [0.29, 0.717) is 5.56 Å². The van der Waals surface area contributed by atoms with E-state index in [2.05, 4.69) is 16.1 Å². The number of hydrogen-bond acceptors (Lipinski definition) is 4. The zero-order chi connectivity index (χ0) is 19.4. The van der Waals surface area contributed by atoms with Crippen molar-refractivity contribution in [2.24, 2.45) is 5.92 Å². The van der Waals surface area contributed by atoms with E-state index in [0.717, 1.165) is 54.9 Å². The molecule has 142 valence electrons. The first-order valence-electron chi connectivity index (χ1n) is 8.72. The van der Waals surface area contributed by atoms with E-state index in [1.165, 1.54) is 0 Å². The van der Waals surface area contributed by atoms with Gasteiger partial charge in [-0.2, -0.15) is 23.5 Å². The minimum atomic E-state index is -4.56. The van der Waals surface area contributed by atoms with E-state index in [1.54, 1.807) is 12.1 Å². The summed E-state index contributed by atoms with van der Waals surface area (Å²) in [5.74, 6) is 0.121. The van der Waals surface area contributed by atoms with Gasteiger partial charge in [-0.1, -0.05) is 12.1 Å². The molecule has 27 heavy (non-hydrogen) atoms. The second-order valence-corrected chi connectivity index (χ2v) is 6.76. The maximum absolute atomic E-state index is 12.8. The van der Waals surface area contributed by atoms with Crippen LogP contribution in [-0.2, 0) is 19.3 Å². The van der Waals surface area contributed by atoms with Gasteiger partial charge in [0.05, 0.1) is 11.6 Å². The van der Waals surface area contributed by atoms with E-state index < -0.39 is 17.4 Å². The molecule has 8 heteroatoms. The molecule has 0 N–H and O–H groups in total. The highest BCUT2D eigenvalue weighted by atomic mass is 19.4. The summed E-state index contributed by atoms with van der Waals surface area (Å²) < 4.78 is 39.3. The van der Waals surface area contributed by atoms with Gasteiger partial charge in [-0.3, -0.25) is 9.69 Å². The Bertz CT molecular complexity index is 876. The monoisotopic (exact) mass is 376 g/mol. The zero-order valence-electron chi connectivity index (χ0n) is 14.6. The highest BCUT2D eigenvalue weighted by molar-refractivity contribution is 5.31. The van der Waals surface area contributed by atoms with Gasteiger partial charge in [-0.25, -0.2) is 4.68 Å². The standard InChI is InChI=1S/C19H19F3N4O/c20-19(21,22)17-5-6-18(27)26(24-17)13-16-7-9-25(10-8-16)12-15-3-1-14(11-23)2-4-15/h1-6,16H,7-10,12-13H2. The van der Waals surface area contributed by atoms with Crippen molar-refractivity contribution in [3.63, 3.8) is 0 Å². The van der Waals surface area contributed by atoms with Crippen LogP contribution in [0.15, 0.2) is 41.2 Å².